The van der Waals surface area contributed by atoms with Gasteiger partial charge in [0.25, 0.3) is 0 Å². The summed E-state index contributed by atoms with van der Waals surface area (Å²) in [7, 11) is 0. The molecule has 0 unspecified atom stereocenters. The first kappa shape index (κ1) is 12.2. The van der Waals surface area contributed by atoms with E-state index in [0.29, 0.717) is 10.8 Å². The van der Waals surface area contributed by atoms with Crippen molar-refractivity contribution in [2.75, 3.05) is 5.32 Å². The van der Waals surface area contributed by atoms with E-state index in [-0.39, 0.29) is 5.54 Å². The molecule has 1 aliphatic rings. The molecule has 3 N–H and O–H groups in total. The number of nitrogens with two attached hydrogens (primary N) is 1. The zero-order valence-electron chi connectivity index (χ0n) is 10.1. The van der Waals surface area contributed by atoms with Crippen molar-refractivity contribution in [2.24, 2.45) is 5.73 Å². The van der Waals surface area contributed by atoms with Crippen molar-refractivity contribution in [1.82, 2.24) is 10.2 Å². The van der Waals surface area contributed by atoms with E-state index in [0.717, 1.165) is 18.4 Å². The van der Waals surface area contributed by atoms with Crippen LogP contribution in [0.25, 0.3) is 0 Å². The van der Waals surface area contributed by atoms with Gasteiger partial charge in [0.05, 0.1) is 11.8 Å². The molecule has 17 heavy (non-hydrogen) atoms. The predicted molar refractivity (Wildman–Crippen MR) is 73.0 cm³/mol. The van der Waals surface area contributed by atoms with Crippen LogP contribution in [0.1, 0.15) is 44.6 Å². The molecule has 1 heterocycles. The van der Waals surface area contributed by atoms with E-state index < -0.39 is 0 Å². The molecular weight excluding hydrogens is 232 g/mol. The van der Waals surface area contributed by atoms with Crippen molar-refractivity contribution in [3.05, 3.63) is 17.8 Å². The van der Waals surface area contributed by atoms with Crippen LogP contribution in [0.4, 0.5) is 5.82 Å². The molecule has 0 atom stereocenters. The molecule has 0 spiro atoms. The zero-order valence-corrected chi connectivity index (χ0v) is 10.9. The van der Waals surface area contributed by atoms with Gasteiger partial charge in [-0.25, -0.2) is 0 Å². The van der Waals surface area contributed by atoms with Crippen molar-refractivity contribution >= 4 is 23.0 Å². The van der Waals surface area contributed by atoms with Crippen LogP contribution in [0.2, 0.25) is 0 Å². The van der Waals surface area contributed by atoms with Gasteiger partial charge in [-0.3, -0.25) is 0 Å². The summed E-state index contributed by atoms with van der Waals surface area (Å²) in [5.41, 5.74) is 6.56. The maximum Gasteiger partial charge on any atom is 0.159 e. The van der Waals surface area contributed by atoms with E-state index in [9.17, 15) is 0 Å². The molecule has 0 aromatic carbocycles. The van der Waals surface area contributed by atoms with E-state index in [2.05, 4.69) is 22.4 Å². The van der Waals surface area contributed by atoms with Crippen LogP contribution in [0.3, 0.4) is 0 Å². The maximum absolute atomic E-state index is 5.69. The minimum absolute atomic E-state index is 0.0911. The van der Waals surface area contributed by atoms with Gasteiger partial charge < -0.3 is 11.1 Å². The highest BCUT2D eigenvalue weighted by Gasteiger charge is 2.27. The van der Waals surface area contributed by atoms with Gasteiger partial charge in [-0.2, -0.15) is 5.10 Å². The summed E-state index contributed by atoms with van der Waals surface area (Å²) >= 11 is 5.02. The topological polar surface area (TPSA) is 63.8 Å². The Balaban J connectivity index is 2.20. The van der Waals surface area contributed by atoms with Crippen LogP contribution >= 0.6 is 12.2 Å². The van der Waals surface area contributed by atoms with Gasteiger partial charge in [-0.1, -0.05) is 31.5 Å². The minimum atomic E-state index is 0.0911. The largest absolute Gasteiger partial charge is 0.389 e. The Hall–Kier alpha value is -1.23. The Morgan fingerprint density at radius 2 is 2.12 bits per heavy atom. The molecule has 4 nitrogen and oxygen atoms in total. The molecule has 0 saturated heterocycles. The second-order valence-corrected chi connectivity index (χ2v) is 5.34. The average Bonchev–Trinajstić information content (AvgIpc) is 2.29. The van der Waals surface area contributed by atoms with E-state index in [1.54, 1.807) is 6.20 Å². The third-order valence-electron chi connectivity index (χ3n) is 3.36. The Kier molecular flexibility index (Phi) is 3.57. The lowest BCUT2D eigenvalue weighted by molar-refractivity contribution is 0.348. The first-order valence-electron chi connectivity index (χ1n) is 6.00. The fourth-order valence-electron chi connectivity index (χ4n) is 2.37. The molecule has 2 rings (SSSR count). The fraction of sp³-hybridized carbons (Fsp3) is 0.583. The quantitative estimate of drug-likeness (QED) is 0.806. The summed E-state index contributed by atoms with van der Waals surface area (Å²) in [5, 5.41) is 11.5. The zero-order chi connectivity index (χ0) is 12.3. The summed E-state index contributed by atoms with van der Waals surface area (Å²) in [6.45, 7) is 2.23. The average molecular weight is 250 g/mol. The molecule has 92 valence electrons. The number of rotatable bonds is 3. The van der Waals surface area contributed by atoms with E-state index >= 15 is 0 Å². The van der Waals surface area contributed by atoms with Gasteiger partial charge in [0, 0.05) is 5.54 Å². The van der Waals surface area contributed by atoms with Crippen molar-refractivity contribution in [1.29, 1.82) is 0 Å². The van der Waals surface area contributed by atoms with Crippen molar-refractivity contribution in [2.45, 2.75) is 44.6 Å². The van der Waals surface area contributed by atoms with Crippen LogP contribution in [-0.2, 0) is 0 Å². The van der Waals surface area contributed by atoms with Crippen molar-refractivity contribution < 1.29 is 0 Å². The van der Waals surface area contributed by atoms with Gasteiger partial charge in [0.15, 0.2) is 5.82 Å². The SMILES string of the molecule is CC1(Nc2nnccc2C(N)=S)CCCCC1. The lowest BCUT2D eigenvalue weighted by Crippen LogP contribution is -2.38. The highest BCUT2D eigenvalue weighted by Crippen LogP contribution is 2.31. The smallest absolute Gasteiger partial charge is 0.159 e. The number of hydrogen-bond acceptors (Lipinski definition) is 4. The van der Waals surface area contributed by atoms with Gasteiger partial charge in [-0.15, -0.1) is 5.10 Å². The highest BCUT2D eigenvalue weighted by atomic mass is 32.1. The molecule has 1 saturated carbocycles. The first-order valence-corrected chi connectivity index (χ1v) is 6.41. The van der Waals surface area contributed by atoms with Crippen LogP contribution in [0, 0.1) is 0 Å². The molecule has 5 heteroatoms. The minimum Gasteiger partial charge on any atom is -0.389 e. The number of nitrogens with zero attached hydrogens (tertiary/aromatic N) is 2. The first-order chi connectivity index (χ1) is 8.11. The van der Waals surface area contributed by atoms with Crippen LogP contribution in [0.15, 0.2) is 12.3 Å². The number of anilines is 1. The number of aromatic nitrogens is 2. The number of nitrogens with one attached hydrogen (secondary N) is 1. The molecule has 1 fully saturated rings. The second-order valence-electron chi connectivity index (χ2n) is 4.90. The van der Waals surface area contributed by atoms with E-state index in [4.69, 9.17) is 18.0 Å². The Bertz CT molecular complexity index is 413. The van der Waals surface area contributed by atoms with E-state index in [1.165, 1.54) is 19.3 Å². The monoisotopic (exact) mass is 250 g/mol. The molecule has 0 amide bonds. The third-order valence-corrected chi connectivity index (χ3v) is 3.58. The van der Waals surface area contributed by atoms with Crippen molar-refractivity contribution in [3.8, 4) is 0 Å². The predicted octanol–water partition coefficient (Wildman–Crippen LogP) is 2.25. The van der Waals surface area contributed by atoms with Crippen LogP contribution in [-0.4, -0.2) is 20.7 Å². The highest BCUT2D eigenvalue weighted by molar-refractivity contribution is 7.80. The molecular formula is C12H18N4S. The molecule has 0 radical (unpaired) electrons. The second kappa shape index (κ2) is 4.96. The number of thiocarbonyl (C=S) groups is 1. The number of hydrogen-bond donors (Lipinski definition) is 2. The van der Waals surface area contributed by atoms with Gasteiger partial charge >= 0.3 is 0 Å². The van der Waals surface area contributed by atoms with E-state index in [1.807, 2.05) is 6.07 Å². The standard InChI is InChI=1S/C12H18N4S/c1-12(6-3-2-4-7-12)15-11-9(10(13)17)5-8-14-16-11/h5,8H,2-4,6-7H2,1H3,(H2,13,17)(H,15,16). The third kappa shape index (κ3) is 2.91. The molecule has 1 aromatic rings. The summed E-state index contributed by atoms with van der Waals surface area (Å²) in [4.78, 5) is 0.363. The summed E-state index contributed by atoms with van der Waals surface area (Å²) in [5.74, 6) is 0.712. The Morgan fingerprint density at radius 1 is 1.41 bits per heavy atom. The normalized spacial score (nSPS) is 18.6. The van der Waals surface area contributed by atoms with Gasteiger partial charge in [0.1, 0.15) is 4.99 Å². The lowest BCUT2D eigenvalue weighted by Gasteiger charge is -2.35. The summed E-state index contributed by atoms with van der Waals surface area (Å²) < 4.78 is 0. The maximum atomic E-state index is 5.69. The summed E-state index contributed by atoms with van der Waals surface area (Å²) in [6.07, 6.45) is 7.75. The van der Waals surface area contributed by atoms with Gasteiger partial charge in [-0.05, 0) is 25.8 Å². The van der Waals surface area contributed by atoms with Crippen molar-refractivity contribution in [3.63, 3.8) is 0 Å². The molecule has 1 aliphatic carbocycles. The molecule has 1 aromatic heterocycles. The molecule has 0 aliphatic heterocycles. The van der Waals surface area contributed by atoms with Crippen LogP contribution in [0.5, 0.6) is 0 Å². The molecule has 0 bridgehead atoms. The van der Waals surface area contributed by atoms with Gasteiger partial charge in [0.2, 0.25) is 0 Å². The Morgan fingerprint density at radius 3 is 2.76 bits per heavy atom. The fourth-order valence-corrected chi connectivity index (χ4v) is 2.53. The lowest BCUT2D eigenvalue weighted by atomic mass is 9.83. The summed E-state index contributed by atoms with van der Waals surface area (Å²) in [6, 6.07) is 1.81. The van der Waals surface area contributed by atoms with Crippen LogP contribution < -0.4 is 11.1 Å². The Labute approximate surface area is 107 Å².